The number of hydrogen-bond donors (Lipinski definition) is 1. The minimum absolute atomic E-state index is 0.231. The van der Waals surface area contributed by atoms with E-state index < -0.39 is 0 Å². The molecular formula is C17H27NO. The predicted molar refractivity (Wildman–Crippen MR) is 80.4 cm³/mol. The summed E-state index contributed by atoms with van der Waals surface area (Å²) >= 11 is 0. The van der Waals surface area contributed by atoms with Crippen LogP contribution in [0.1, 0.15) is 50.3 Å². The lowest BCUT2D eigenvalue weighted by atomic mass is 10.0. The van der Waals surface area contributed by atoms with E-state index in [0.29, 0.717) is 6.04 Å². The third kappa shape index (κ3) is 4.63. The van der Waals surface area contributed by atoms with Gasteiger partial charge in [-0.2, -0.15) is 0 Å². The molecule has 1 aliphatic carbocycles. The van der Waals surface area contributed by atoms with E-state index >= 15 is 0 Å². The molecule has 0 bridgehead atoms. The highest BCUT2D eigenvalue weighted by molar-refractivity contribution is 5.24. The van der Waals surface area contributed by atoms with Gasteiger partial charge in [0.1, 0.15) is 0 Å². The fraction of sp³-hybridized carbons (Fsp3) is 0.647. The van der Waals surface area contributed by atoms with E-state index in [9.17, 15) is 0 Å². The highest BCUT2D eigenvalue weighted by atomic mass is 16.5. The quantitative estimate of drug-likeness (QED) is 0.767. The van der Waals surface area contributed by atoms with E-state index in [2.05, 4.69) is 50.4 Å². The van der Waals surface area contributed by atoms with Crippen molar-refractivity contribution in [2.75, 3.05) is 13.2 Å². The Bertz CT molecular complexity index is 369. The smallest absolute Gasteiger partial charge is 0.0741 e. The van der Waals surface area contributed by atoms with Gasteiger partial charge in [-0.05, 0) is 51.1 Å². The van der Waals surface area contributed by atoms with E-state index in [-0.39, 0.29) is 6.10 Å². The molecule has 1 N–H and O–H groups in total. The molecule has 106 valence electrons. The zero-order valence-corrected chi connectivity index (χ0v) is 12.5. The summed E-state index contributed by atoms with van der Waals surface area (Å²) in [6, 6.07) is 9.12. The molecule has 2 atom stereocenters. The first-order valence-electron chi connectivity index (χ1n) is 7.62. The second-order valence-corrected chi connectivity index (χ2v) is 5.82. The monoisotopic (exact) mass is 261 g/mol. The second-order valence-electron chi connectivity index (χ2n) is 5.82. The normalized spacial score (nSPS) is 18.3. The Morgan fingerprint density at radius 3 is 2.53 bits per heavy atom. The van der Waals surface area contributed by atoms with Crippen molar-refractivity contribution in [2.45, 2.75) is 52.2 Å². The molecule has 2 nitrogen and oxygen atoms in total. The van der Waals surface area contributed by atoms with Gasteiger partial charge in [0.05, 0.1) is 12.1 Å². The van der Waals surface area contributed by atoms with Crippen LogP contribution in [-0.4, -0.2) is 19.3 Å². The molecule has 1 saturated carbocycles. The van der Waals surface area contributed by atoms with Crippen molar-refractivity contribution in [3.05, 3.63) is 35.4 Å². The molecule has 0 heterocycles. The third-order valence-electron chi connectivity index (χ3n) is 3.81. The molecule has 0 amide bonds. The van der Waals surface area contributed by atoms with E-state index in [0.717, 1.165) is 25.5 Å². The molecule has 0 aliphatic heterocycles. The Labute approximate surface area is 117 Å². The van der Waals surface area contributed by atoms with Gasteiger partial charge >= 0.3 is 0 Å². The summed E-state index contributed by atoms with van der Waals surface area (Å²) in [4.78, 5) is 0. The molecule has 19 heavy (non-hydrogen) atoms. The number of nitrogens with one attached hydrogen (secondary N) is 1. The standard InChI is InChI=1S/C17H27NO/c1-4-11-18-17(14(3)19-12-15-7-8-15)16-9-5-13(2)6-10-16/h5-6,9-10,14-15,17-18H,4,7-8,11-12H2,1-3H3. The maximum Gasteiger partial charge on any atom is 0.0741 e. The van der Waals surface area contributed by atoms with E-state index in [1.165, 1.54) is 24.0 Å². The first-order valence-corrected chi connectivity index (χ1v) is 7.62. The summed E-state index contributed by atoms with van der Waals surface area (Å²) < 4.78 is 6.05. The van der Waals surface area contributed by atoms with Gasteiger partial charge in [0.25, 0.3) is 0 Å². The lowest BCUT2D eigenvalue weighted by Gasteiger charge is -2.26. The van der Waals surface area contributed by atoms with Crippen molar-refractivity contribution in [1.82, 2.24) is 5.32 Å². The molecule has 0 saturated heterocycles. The molecule has 0 radical (unpaired) electrons. The highest BCUT2D eigenvalue weighted by Gasteiger charge is 2.25. The van der Waals surface area contributed by atoms with E-state index in [1.807, 2.05) is 0 Å². The Morgan fingerprint density at radius 2 is 1.95 bits per heavy atom. The molecular weight excluding hydrogens is 234 g/mol. The van der Waals surface area contributed by atoms with Crippen LogP contribution in [0.2, 0.25) is 0 Å². The van der Waals surface area contributed by atoms with Gasteiger partial charge in [0.15, 0.2) is 0 Å². The number of ether oxygens (including phenoxy) is 1. The molecule has 2 heteroatoms. The van der Waals surface area contributed by atoms with Crippen LogP contribution < -0.4 is 5.32 Å². The van der Waals surface area contributed by atoms with Crippen molar-refractivity contribution in [2.24, 2.45) is 5.92 Å². The first-order chi connectivity index (χ1) is 9.20. The average molecular weight is 261 g/mol. The molecule has 1 aromatic carbocycles. The summed E-state index contributed by atoms with van der Waals surface area (Å²) in [5.74, 6) is 0.826. The van der Waals surface area contributed by atoms with Crippen LogP contribution in [0, 0.1) is 12.8 Å². The molecule has 2 unspecified atom stereocenters. The average Bonchev–Trinajstić information content (AvgIpc) is 3.23. The second kappa shape index (κ2) is 7.06. The molecule has 1 aliphatic rings. The van der Waals surface area contributed by atoms with Crippen LogP contribution in [0.15, 0.2) is 24.3 Å². The number of hydrogen-bond acceptors (Lipinski definition) is 2. The Morgan fingerprint density at radius 1 is 1.26 bits per heavy atom. The minimum atomic E-state index is 0.231. The maximum atomic E-state index is 6.05. The fourth-order valence-electron chi connectivity index (χ4n) is 2.30. The Kier molecular flexibility index (Phi) is 5.41. The lowest BCUT2D eigenvalue weighted by molar-refractivity contribution is 0.0319. The largest absolute Gasteiger partial charge is 0.376 e. The van der Waals surface area contributed by atoms with Crippen LogP contribution in [-0.2, 0) is 4.74 Å². The molecule has 2 rings (SSSR count). The SMILES string of the molecule is CCCNC(c1ccc(C)cc1)C(C)OCC1CC1. The number of benzene rings is 1. The summed E-state index contributed by atoms with van der Waals surface area (Å²) in [6.45, 7) is 8.49. The Balaban J connectivity index is 1.97. The van der Waals surface area contributed by atoms with Crippen LogP contribution in [0.5, 0.6) is 0 Å². The molecule has 1 aromatic rings. The van der Waals surface area contributed by atoms with Gasteiger partial charge in [0, 0.05) is 6.61 Å². The van der Waals surface area contributed by atoms with Gasteiger partial charge in [0.2, 0.25) is 0 Å². The van der Waals surface area contributed by atoms with Crippen LogP contribution in [0.3, 0.4) is 0 Å². The van der Waals surface area contributed by atoms with Gasteiger partial charge in [-0.1, -0.05) is 36.8 Å². The highest BCUT2D eigenvalue weighted by Crippen LogP contribution is 2.30. The van der Waals surface area contributed by atoms with Gasteiger partial charge < -0.3 is 10.1 Å². The zero-order valence-electron chi connectivity index (χ0n) is 12.5. The van der Waals surface area contributed by atoms with Gasteiger partial charge in [-0.15, -0.1) is 0 Å². The van der Waals surface area contributed by atoms with E-state index in [1.54, 1.807) is 0 Å². The maximum absolute atomic E-state index is 6.05. The first kappa shape index (κ1) is 14.5. The molecule has 1 fully saturated rings. The zero-order chi connectivity index (χ0) is 13.7. The summed E-state index contributed by atoms with van der Waals surface area (Å²) in [5, 5.41) is 3.62. The third-order valence-corrected chi connectivity index (χ3v) is 3.81. The lowest BCUT2D eigenvalue weighted by Crippen LogP contribution is -2.33. The Hall–Kier alpha value is -0.860. The summed E-state index contributed by atoms with van der Waals surface area (Å²) in [7, 11) is 0. The molecule has 0 spiro atoms. The van der Waals surface area contributed by atoms with Crippen molar-refractivity contribution in [1.29, 1.82) is 0 Å². The molecule has 0 aromatic heterocycles. The van der Waals surface area contributed by atoms with Crippen molar-refractivity contribution in [3.63, 3.8) is 0 Å². The minimum Gasteiger partial charge on any atom is -0.376 e. The summed E-state index contributed by atoms with van der Waals surface area (Å²) in [5.41, 5.74) is 2.65. The van der Waals surface area contributed by atoms with Crippen molar-refractivity contribution in [3.8, 4) is 0 Å². The van der Waals surface area contributed by atoms with E-state index in [4.69, 9.17) is 4.74 Å². The van der Waals surface area contributed by atoms with Crippen molar-refractivity contribution >= 4 is 0 Å². The van der Waals surface area contributed by atoms with Gasteiger partial charge in [-0.3, -0.25) is 0 Å². The van der Waals surface area contributed by atoms with Crippen LogP contribution >= 0.6 is 0 Å². The predicted octanol–water partition coefficient (Wildman–Crippen LogP) is 3.85. The van der Waals surface area contributed by atoms with Crippen LogP contribution in [0.25, 0.3) is 0 Å². The number of aryl methyl sites for hydroxylation is 1. The fourth-order valence-corrected chi connectivity index (χ4v) is 2.30. The van der Waals surface area contributed by atoms with Crippen molar-refractivity contribution < 1.29 is 4.74 Å². The summed E-state index contributed by atoms with van der Waals surface area (Å²) in [6.07, 6.45) is 4.08. The van der Waals surface area contributed by atoms with Crippen LogP contribution in [0.4, 0.5) is 0 Å². The number of rotatable bonds is 8. The van der Waals surface area contributed by atoms with Gasteiger partial charge in [-0.25, -0.2) is 0 Å². The topological polar surface area (TPSA) is 21.3 Å².